The largest absolute Gasteiger partial charge is 0.461 e. The van der Waals surface area contributed by atoms with Crippen molar-refractivity contribution in [3.05, 3.63) is 11.9 Å². The standard InChI is InChI=1S/C7H8FNO2/c1-2-11-7(10)6(8)4-3-5-9/h4H,2-3H2,1H3/b6-4-. The number of ether oxygens (including phenoxy) is 1. The van der Waals surface area contributed by atoms with Crippen LogP contribution in [0.1, 0.15) is 13.3 Å². The first-order valence-electron chi connectivity index (χ1n) is 3.12. The third-order valence-electron chi connectivity index (χ3n) is 0.843. The molecule has 0 atom stereocenters. The SMILES string of the molecule is CCOC(=O)/C(F)=C/CC#N. The zero-order valence-electron chi connectivity index (χ0n) is 6.13. The predicted octanol–water partition coefficient (Wildman–Crippen LogP) is 1.32. The van der Waals surface area contributed by atoms with E-state index in [0.717, 1.165) is 6.08 Å². The summed E-state index contributed by atoms with van der Waals surface area (Å²) < 4.78 is 16.7. The molecular weight excluding hydrogens is 149 g/mol. The second-order valence-electron chi connectivity index (χ2n) is 1.63. The van der Waals surface area contributed by atoms with Crippen LogP contribution in [-0.4, -0.2) is 12.6 Å². The van der Waals surface area contributed by atoms with E-state index in [9.17, 15) is 9.18 Å². The number of nitrogens with zero attached hydrogens (tertiary/aromatic N) is 1. The summed E-state index contributed by atoms with van der Waals surface area (Å²) in [7, 11) is 0. The van der Waals surface area contributed by atoms with Gasteiger partial charge in [0.05, 0.1) is 19.1 Å². The summed E-state index contributed by atoms with van der Waals surface area (Å²) in [5, 5.41) is 8.01. The van der Waals surface area contributed by atoms with Crippen molar-refractivity contribution in [2.24, 2.45) is 0 Å². The number of hydrogen-bond donors (Lipinski definition) is 0. The van der Waals surface area contributed by atoms with E-state index in [1.54, 1.807) is 13.0 Å². The lowest BCUT2D eigenvalue weighted by atomic mass is 10.4. The van der Waals surface area contributed by atoms with Crippen molar-refractivity contribution in [1.29, 1.82) is 5.26 Å². The average molecular weight is 157 g/mol. The molecule has 11 heavy (non-hydrogen) atoms. The van der Waals surface area contributed by atoms with Crippen LogP contribution in [0.2, 0.25) is 0 Å². The van der Waals surface area contributed by atoms with Gasteiger partial charge in [-0.1, -0.05) is 0 Å². The molecule has 0 bridgehead atoms. The summed E-state index contributed by atoms with van der Waals surface area (Å²) in [5.74, 6) is -2.02. The highest BCUT2D eigenvalue weighted by atomic mass is 19.1. The first kappa shape index (κ1) is 9.63. The fraction of sp³-hybridized carbons (Fsp3) is 0.429. The summed E-state index contributed by atoms with van der Waals surface area (Å²) in [4.78, 5) is 10.5. The van der Waals surface area contributed by atoms with Crippen molar-refractivity contribution in [1.82, 2.24) is 0 Å². The molecule has 0 aliphatic heterocycles. The zero-order valence-corrected chi connectivity index (χ0v) is 6.13. The fourth-order valence-electron chi connectivity index (χ4n) is 0.419. The smallest absolute Gasteiger partial charge is 0.366 e. The topological polar surface area (TPSA) is 50.1 Å². The van der Waals surface area contributed by atoms with Crippen LogP contribution in [0.15, 0.2) is 11.9 Å². The van der Waals surface area contributed by atoms with E-state index in [2.05, 4.69) is 4.74 Å². The number of esters is 1. The summed E-state index contributed by atoms with van der Waals surface area (Å²) in [6.07, 6.45) is 0.767. The molecule has 0 unspecified atom stereocenters. The average Bonchev–Trinajstić information content (AvgIpc) is 2.00. The Bertz CT molecular complexity index is 205. The quantitative estimate of drug-likeness (QED) is 0.458. The Balaban J connectivity index is 3.92. The Morgan fingerprint density at radius 1 is 1.82 bits per heavy atom. The van der Waals surface area contributed by atoms with Crippen molar-refractivity contribution in [3.63, 3.8) is 0 Å². The minimum absolute atomic E-state index is 0.120. The van der Waals surface area contributed by atoms with Gasteiger partial charge in [-0.25, -0.2) is 4.79 Å². The Morgan fingerprint density at radius 3 is 2.91 bits per heavy atom. The third-order valence-corrected chi connectivity index (χ3v) is 0.843. The molecule has 0 heterocycles. The predicted molar refractivity (Wildman–Crippen MR) is 36.1 cm³/mol. The van der Waals surface area contributed by atoms with Gasteiger partial charge in [0.25, 0.3) is 0 Å². The number of nitriles is 1. The van der Waals surface area contributed by atoms with Crippen LogP contribution in [0.3, 0.4) is 0 Å². The van der Waals surface area contributed by atoms with Crippen molar-refractivity contribution in [2.45, 2.75) is 13.3 Å². The number of carbonyl (C=O) groups is 1. The van der Waals surface area contributed by atoms with Gasteiger partial charge in [0.15, 0.2) is 0 Å². The Hall–Kier alpha value is -1.37. The van der Waals surface area contributed by atoms with E-state index in [4.69, 9.17) is 5.26 Å². The molecule has 0 aliphatic carbocycles. The number of allylic oxidation sites excluding steroid dienone is 1. The van der Waals surface area contributed by atoms with Crippen LogP contribution in [0.25, 0.3) is 0 Å². The van der Waals surface area contributed by atoms with Crippen LogP contribution in [-0.2, 0) is 9.53 Å². The summed E-state index contributed by atoms with van der Waals surface area (Å²) in [6.45, 7) is 1.71. The molecule has 0 saturated heterocycles. The van der Waals surface area contributed by atoms with Crippen molar-refractivity contribution in [3.8, 4) is 6.07 Å². The summed E-state index contributed by atoms with van der Waals surface area (Å²) in [6, 6.07) is 1.67. The number of hydrogen-bond acceptors (Lipinski definition) is 3. The highest BCUT2D eigenvalue weighted by molar-refractivity contribution is 5.85. The van der Waals surface area contributed by atoms with Crippen LogP contribution in [0, 0.1) is 11.3 Å². The first-order chi connectivity index (χ1) is 5.22. The molecule has 0 aromatic heterocycles. The van der Waals surface area contributed by atoms with Crippen LogP contribution in [0.5, 0.6) is 0 Å². The lowest BCUT2D eigenvalue weighted by Crippen LogP contribution is -2.03. The second-order valence-corrected chi connectivity index (χ2v) is 1.63. The molecule has 4 heteroatoms. The molecule has 0 spiro atoms. The van der Waals surface area contributed by atoms with E-state index < -0.39 is 11.8 Å². The molecule has 0 rings (SSSR count). The molecule has 3 nitrogen and oxygen atoms in total. The van der Waals surface area contributed by atoms with Gasteiger partial charge < -0.3 is 4.74 Å². The van der Waals surface area contributed by atoms with Crippen LogP contribution >= 0.6 is 0 Å². The van der Waals surface area contributed by atoms with Gasteiger partial charge >= 0.3 is 5.97 Å². The maximum atomic E-state index is 12.4. The van der Waals surface area contributed by atoms with Crippen molar-refractivity contribution < 1.29 is 13.9 Å². The van der Waals surface area contributed by atoms with Crippen LogP contribution < -0.4 is 0 Å². The fourth-order valence-corrected chi connectivity index (χ4v) is 0.419. The van der Waals surface area contributed by atoms with Gasteiger partial charge in [-0.15, -0.1) is 0 Å². The van der Waals surface area contributed by atoms with E-state index in [1.807, 2.05) is 0 Å². The van der Waals surface area contributed by atoms with Crippen molar-refractivity contribution >= 4 is 5.97 Å². The van der Waals surface area contributed by atoms with E-state index >= 15 is 0 Å². The van der Waals surface area contributed by atoms with Gasteiger partial charge in [0.1, 0.15) is 0 Å². The lowest BCUT2D eigenvalue weighted by Gasteiger charge is -1.96. The number of carbonyl (C=O) groups excluding carboxylic acids is 1. The zero-order chi connectivity index (χ0) is 8.69. The van der Waals surface area contributed by atoms with Crippen molar-refractivity contribution in [2.75, 3.05) is 6.61 Å². The van der Waals surface area contributed by atoms with Gasteiger partial charge in [-0.05, 0) is 13.0 Å². The Kier molecular flexibility index (Phi) is 4.74. The molecule has 0 saturated carbocycles. The van der Waals surface area contributed by atoms with Gasteiger partial charge in [-0.3, -0.25) is 0 Å². The molecule has 0 aromatic carbocycles. The van der Waals surface area contributed by atoms with E-state index in [1.165, 1.54) is 0 Å². The summed E-state index contributed by atoms with van der Waals surface area (Å²) >= 11 is 0. The van der Waals surface area contributed by atoms with E-state index in [-0.39, 0.29) is 13.0 Å². The molecule has 0 aromatic rings. The highest BCUT2D eigenvalue weighted by Gasteiger charge is 2.07. The molecule has 0 amide bonds. The Morgan fingerprint density at radius 2 is 2.45 bits per heavy atom. The van der Waals surface area contributed by atoms with Gasteiger partial charge in [0.2, 0.25) is 5.83 Å². The summed E-state index contributed by atoms with van der Waals surface area (Å²) in [5.41, 5.74) is 0. The number of halogens is 1. The molecule has 0 fully saturated rings. The van der Waals surface area contributed by atoms with E-state index in [0.29, 0.717) is 0 Å². The Labute approximate surface area is 64.1 Å². The first-order valence-corrected chi connectivity index (χ1v) is 3.12. The highest BCUT2D eigenvalue weighted by Crippen LogP contribution is 2.00. The normalized spacial score (nSPS) is 10.5. The minimum Gasteiger partial charge on any atom is -0.461 e. The number of rotatable bonds is 3. The maximum absolute atomic E-state index is 12.4. The molecule has 0 aliphatic rings. The van der Waals surface area contributed by atoms with Gasteiger partial charge in [-0.2, -0.15) is 9.65 Å². The molecular formula is C7H8FNO2. The van der Waals surface area contributed by atoms with Crippen LogP contribution in [0.4, 0.5) is 4.39 Å². The van der Waals surface area contributed by atoms with Gasteiger partial charge in [0, 0.05) is 0 Å². The third kappa shape index (κ3) is 4.09. The minimum atomic E-state index is -1.01. The molecule has 60 valence electrons. The second kappa shape index (κ2) is 5.42. The lowest BCUT2D eigenvalue weighted by molar-refractivity contribution is -0.140. The molecule has 0 N–H and O–H groups in total. The monoisotopic (exact) mass is 157 g/mol. The molecule has 0 radical (unpaired) electrons. The maximum Gasteiger partial charge on any atom is 0.366 e.